The van der Waals surface area contributed by atoms with Crippen molar-refractivity contribution in [3.63, 3.8) is 0 Å². The van der Waals surface area contributed by atoms with Crippen LogP contribution < -0.4 is 5.73 Å². The highest BCUT2D eigenvalue weighted by atomic mass is 16.5. The minimum absolute atomic E-state index is 0.00944. The van der Waals surface area contributed by atoms with E-state index >= 15 is 0 Å². The Hall–Kier alpha value is -0.570. The van der Waals surface area contributed by atoms with E-state index in [-0.39, 0.29) is 18.0 Å². The van der Waals surface area contributed by atoms with Crippen molar-refractivity contribution in [3.8, 4) is 0 Å². The molecule has 2 saturated carbocycles. The predicted molar refractivity (Wildman–Crippen MR) is 71.9 cm³/mol. The van der Waals surface area contributed by atoms with Crippen LogP contribution in [0.4, 0.5) is 0 Å². The Balaban J connectivity index is 1.90. The Morgan fingerprint density at radius 2 is 2.06 bits per heavy atom. The first-order chi connectivity index (χ1) is 8.52. The summed E-state index contributed by atoms with van der Waals surface area (Å²) in [7, 11) is 0. The van der Waals surface area contributed by atoms with Gasteiger partial charge in [-0.2, -0.15) is 0 Å². The van der Waals surface area contributed by atoms with Gasteiger partial charge in [0, 0.05) is 0 Å². The summed E-state index contributed by atoms with van der Waals surface area (Å²) in [5, 5.41) is 0. The predicted octanol–water partition coefficient (Wildman–Crippen LogP) is 2.59. The second kappa shape index (κ2) is 5.60. The van der Waals surface area contributed by atoms with E-state index in [9.17, 15) is 4.79 Å². The van der Waals surface area contributed by atoms with Gasteiger partial charge in [-0.05, 0) is 49.5 Å². The maximum absolute atomic E-state index is 12.0. The molecule has 104 valence electrons. The molecule has 0 aromatic rings. The lowest BCUT2D eigenvalue weighted by atomic mass is 9.75. The summed E-state index contributed by atoms with van der Waals surface area (Å²) >= 11 is 0. The molecule has 0 saturated heterocycles. The fourth-order valence-corrected chi connectivity index (χ4v) is 3.28. The van der Waals surface area contributed by atoms with Gasteiger partial charge in [0.25, 0.3) is 0 Å². The Morgan fingerprint density at radius 1 is 1.33 bits per heavy atom. The zero-order valence-electron chi connectivity index (χ0n) is 11.9. The average molecular weight is 253 g/mol. The molecule has 2 rings (SSSR count). The first kappa shape index (κ1) is 13.9. The van der Waals surface area contributed by atoms with E-state index < -0.39 is 0 Å². The topological polar surface area (TPSA) is 52.3 Å². The third-order valence-corrected chi connectivity index (χ3v) is 4.76. The molecule has 0 aromatic heterocycles. The van der Waals surface area contributed by atoms with Gasteiger partial charge in [0.1, 0.15) is 6.10 Å². The molecule has 0 radical (unpaired) electrons. The molecule has 2 aliphatic rings. The summed E-state index contributed by atoms with van der Waals surface area (Å²) in [6.07, 6.45) is 4.58. The molecular weight excluding hydrogens is 226 g/mol. The Kier molecular flexibility index (Phi) is 4.31. The highest BCUT2D eigenvalue weighted by Gasteiger charge is 2.45. The Morgan fingerprint density at radius 3 is 2.61 bits per heavy atom. The lowest BCUT2D eigenvalue weighted by molar-refractivity contribution is -0.157. The third kappa shape index (κ3) is 3.05. The van der Waals surface area contributed by atoms with Crippen molar-refractivity contribution < 1.29 is 9.53 Å². The first-order valence-corrected chi connectivity index (χ1v) is 7.43. The molecule has 0 aliphatic heterocycles. The molecule has 0 spiro atoms. The van der Waals surface area contributed by atoms with E-state index in [0.29, 0.717) is 30.2 Å². The largest absolute Gasteiger partial charge is 0.462 e. The molecular formula is C15H27NO2. The molecule has 2 aliphatic carbocycles. The zero-order chi connectivity index (χ0) is 13.3. The highest BCUT2D eigenvalue weighted by Crippen LogP contribution is 2.41. The number of nitrogens with two attached hydrogens (primary N) is 1. The van der Waals surface area contributed by atoms with Gasteiger partial charge in [-0.1, -0.05) is 27.2 Å². The summed E-state index contributed by atoms with van der Waals surface area (Å²) in [6, 6.07) is 0. The Labute approximate surface area is 110 Å². The number of esters is 1. The monoisotopic (exact) mass is 253 g/mol. The standard InChI is InChI=1S/C15H27NO2/c1-9(2)12-5-4-10(3)6-14(12)18-15(17)13-7-11(13)8-16/h9-14H,4-8,16H2,1-3H3/t10-,11+,12+,13-,14-/m1/s1. The van der Waals surface area contributed by atoms with Crippen molar-refractivity contribution >= 4 is 5.97 Å². The normalized spacial score (nSPS) is 39.7. The second-order valence-corrected chi connectivity index (χ2v) is 6.64. The van der Waals surface area contributed by atoms with Crippen molar-refractivity contribution in [2.75, 3.05) is 6.54 Å². The van der Waals surface area contributed by atoms with Gasteiger partial charge in [-0.15, -0.1) is 0 Å². The van der Waals surface area contributed by atoms with Crippen LogP contribution in [0.1, 0.15) is 46.5 Å². The molecule has 18 heavy (non-hydrogen) atoms. The summed E-state index contributed by atoms with van der Waals surface area (Å²) in [4.78, 5) is 12.0. The average Bonchev–Trinajstić information content (AvgIpc) is 3.07. The van der Waals surface area contributed by atoms with Crippen LogP contribution in [0.2, 0.25) is 0 Å². The highest BCUT2D eigenvalue weighted by molar-refractivity contribution is 5.76. The number of hydrogen-bond donors (Lipinski definition) is 1. The lowest BCUT2D eigenvalue weighted by Crippen LogP contribution is -2.36. The molecule has 0 aromatic carbocycles. The van der Waals surface area contributed by atoms with Crippen LogP contribution in [0.25, 0.3) is 0 Å². The smallest absolute Gasteiger partial charge is 0.309 e. The van der Waals surface area contributed by atoms with Crippen LogP contribution in [-0.4, -0.2) is 18.6 Å². The fraction of sp³-hybridized carbons (Fsp3) is 0.933. The molecule has 5 atom stereocenters. The van der Waals surface area contributed by atoms with E-state index in [1.165, 1.54) is 12.8 Å². The SMILES string of the molecule is CC(C)[C@@H]1CC[C@@H](C)C[C@H]1OC(=O)[C@@H]1C[C@H]1CN. The van der Waals surface area contributed by atoms with E-state index in [1.807, 2.05) is 0 Å². The van der Waals surface area contributed by atoms with Gasteiger partial charge < -0.3 is 10.5 Å². The van der Waals surface area contributed by atoms with E-state index in [4.69, 9.17) is 10.5 Å². The Bertz CT molecular complexity index is 303. The molecule has 2 fully saturated rings. The van der Waals surface area contributed by atoms with Crippen LogP contribution in [0.15, 0.2) is 0 Å². The zero-order valence-corrected chi connectivity index (χ0v) is 11.9. The van der Waals surface area contributed by atoms with Gasteiger partial charge in [-0.25, -0.2) is 0 Å². The van der Waals surface area contributed by atoms with Gasteiger partial charge >= 0.3 is 5.97 Å². The van der Waals surface area contributed by atoms with E-state index in [1.54, 1.807) is 0 Å². The van der Waals surface area contributed by atoms with Crippen LogP contribution in [0.3, 0.4) is 0 Å². The van der Waals surface area contributed by atoms with Crippen molar-refractivity contribution in [2.24, 2.45) is 35.3 Å². The molecule has 0 heterocycles. The molecule has 2 N–H and O–H groups in total. The fourth-order valence-electron chi connectivity index (χ4n) is 3.28. The quantitative estimate of drug-likeness (QED) is 0.783. The van der Waals surface area contributed by atoms with Gasteiger partial charge in [0.05, 0.1) is 5.92 Å². The van der Waals surface area contributed by atoms with Crippen LogP contribution in [-0.2, 0) is 9.53 Å². The van der Waals surface area contributed by atoms with Crippen LogP contribution in [0, 0.1) is 29.6 Å². The van der Waals surface area contributed by atoms with Crippen molar-refractivity contribution in [1.29, 1.82) is 0 Å². The molecule has 0 bridgehead atoms. The molecule has 3 nitrogen and oxygen atoms in total. The first-order valence-electron chi connectivity index (χ1n) is 7.43. The van der Waals surface area contributed by atoms with Crippen molar-refractivity contribution in [2.45, 2.75) is 52.6 Å². The lowest BCUT2D eigenvalue weighted by Gasteiger charge is -2.36. The van der Waals surface area contributed by atoms with E-state index in [0.717, 1.165) is 12.8 Å². The van der Waals surface area contributed by atoms with E-state index in [2.05, 4.69) is 20.8 Å². The maximum Gasteiger partial charge on any atom is 0.309 e. The van der Waals surface area contributed by atoms with Crippen molar-refractivity contribution in [3.05, 3.63) is 0 Å². The molecule has 0 amide bonds. The number of rotatable bonds is 4. The molecule has 0 unspecified atom stereocenters. The van der Waals surface area contributed by atoms with Crippen LogP contribution >= 0.6 is 0 Å². The number of carbonyl (C=O) groups excluding carboxylic acids is 1. The minimum atomic E-state index is 0.00944. The summed E-state index contributed by atoms with van der Waals surface area (Å²) in [5.41, 5.74) is 5.58. The number of hydrogen-bond acceptors (Lipinski definition) is 3. The minimum Gasteiger partial charge on any atom is -0.462 e. The maximum atomic E-state index is 12.0. The summed E-state index contributed by atoms with van der Waals surface area (Å²) < 4.78 is 5.80. The number of ether oxygens (including phenoxy) is 1. The third-order valence-electron chi connectivity index (χ3n) is 4.76. The number of carbonyl (C=O) groups is 1. The summed E-state index contributed by atoms with van der Waals surface area (Å²) in [6.45, 7) is 7.36. The van der Waals surface area contributed by atoms with Gasteiger partial charge in [0.2, 0.25) is 0 Å². The summed E-state index contributed by atoms with van der Waals surface area (Å²) in [5.74, 6) is 2.31. The van der Waals surface area contributed by atoms with Gasteiger partial charge in [0.15, 0.2) is 0 Å². The molecule has 3 heteroatoms. The van der Waals surface area contributed by atoms with Crippen LogP contribution in [0.5, 0.6) is 0 Å². The van der Waals surface area contributed by atoms with Crippen molar-refractivity contribution in [1.82, 2.24) is 0 Å². The second-order valence-electron chi connectivity index (χ2n) is 6.64. The van der Waals surface area contributed by atoms with Gasteiger partial charge in [-0.3, -0.25) is 4.79 Å².